The van der Waals surface area contributed by atoms with Gasteiger partial charge in [-0.05, 0) is 45.7 Å². The predicted molar refractivity (Wildman–Crippen MR) is 133 cm³/mol. The maximum atomic E-state index is 12.6. The average Bonchev–Trinajstić information content (AvgIpc) is 3.24. The molecule has 2 aliphatic heterocycles. The van der Waals surface area contributed by atoms with Crippen molar-refractivity contribution in [2.24, 2.45) is 4.99 Å². The number of halogens is 1. The zero-order valence-corrected chi connectivity index (χ0v) is 21.8. The Hall–Kier alpha value is -0.920. The second-order valence-corrected chi connectivity index (χ2v) is 10.2. The molecule has 2 fully saturated rings. The van der Waals surface area contributed by atoms with Crippen LogP contribution in [0, 0.1) is 0 Å². The Morgan fingerprint density at radius 2 is 2.00 bits per heavy atom. The minimum Gasteiger partial charge on any atom is -0.364 e. The molecule has 3 heterocycles. The molecule has 178 valence electrons. The second kappa shape index (κ2) is 12.9. The summed E-state index contributed by atoms with van der Waals surface area (Å²) in [6.07, 6.45) is 7.70. The number of hydrogen-bond acceptors (Lipinski definition) is 6. The molecule has 0 bridgehead atoms. The molecular formula is C20H37IN6O3S. The van der Waals surface area contributed by atoms with Crippen molar-refractivity contribution in [3.63, 3.8) is 0 Å². The number of rotatable bonds is 8. The number of hydrogen-bond donors (Lipinski definition) is 1. The third kappa shape index (κ3) is 7.86. The van der Waals surface area contributed by atoms with Gasteiger partial charge in [0.1, 0.15) is 12.0 Å². The van der Waals surface area contributed by atoms with Crippen LogP contribution in [-0.4, -0.2) is 92.5 Å². The fraction of sp³-hybridized carbons (Fsp3) is 0.800. The number of likely N-dealkylation sites (tertiary alicyclic amines) is 1. The highest BCUT2D eigenvalue weighted by Gasteiger charge is 2.29. The molecule has 1 atom stereocenters. The molecule has 0 saturated carbocycles. The van der Waals surface area contributed by atoms with Crippen LogP contribution in [0.15, 0.2) is 21.8 Å². The first-order valence-electron chi connectivity index (χ1n) is 11.1. The summed E-state index contributed by atoms with van der Waals surface area (Å²) in [5, 5.41) is 7.16. The molecule has 1 unspecified atom stereocenters. The summed E-state index contributed by atoms with van der Waals surface area (Å²) in [7, 11) is -1.60. The quantitative estimate of drug-likeness (QED) is 0.222. The standard InChI is InChI=1S/C20H36N6O3S.HI/c1-18-7-3-5-10-24(18)11-6-4-9-22-20(21-2)25-12-14-26(15-13-25)30(27,28)17-19-8-16-29-23-19;/h8,16,18H,3-7,9-15,17H2,1-2H3,(H,21,22);1H. The van der Waals surface area contributed by atoms with Crippen LogP contribution < -0.4 is 5.32 Å². The minimum absolute atomic E-state index is 0. The molecule has 0 amide bonds. The van der Waals surface area contributed by atoms with Crippen LogP contribution >= 0.6 is 24.0 Å². The molecule has 3 rings (SSSR count). The summed E-state index contributed by atoms with van der Waals surface area (Å²) in [6, 6.07) is 2.31. The van der Waals surface area contributed by atoms with Gasteiger partial charge in [0.2, 0.25) is 10.0 Å². The number of aliphatic imine (C=N–C) groups is 1. The van der Waals surface area contributed by atoms with Gasteiger partial charge in [-0.25, -0.2) is 8.42 Å². The maximum absolute atomic E-state index is 12.6. The Morgan fingerprint density at radius 3 is 2.65 bits per heavy atom. The number of unbranched alkanes of at least 4 members (excludes halogenated alkanes) is 1. The van der Waals surface area contributed by atoms with E-state index in [4.69, 9.17) is 4.52 Å². The molecule has 1 N–H and O–H groups in total. The van der Waals surface area contributed by atoms with E-state index in [1.807, 2.05) is 0 Å². The molecule has 31 heavy (non-hydrogen) atoms. The van der Waals surface area contributed by atoms with E-state index in [0.29, 0.717) is 31.9 Å². The highest BCUT2D eigenvalue weighted by atomic mass is 127. The van der Waals surface area contributed by atoms with Crippen molar-refractivity contribution in [1.29, 1.82) is 0 Å². The largest absolute Gasteiger partial charge is 0.364 e. The minimum atomic E-state index is -3.38. The average molecular weight is 569 g/mol. The Balaban J connectivity index is 0.00000341. The number of piperazine rings is 1. The number of piperidine rings is 1. The Bertz CT molecular complexity index is 766. The first-order chi connectivity index (χ1) is 14.5. The van der Waals surface area contributed by atoms with Gasteiger partial charge in [-0.1, -0.05) is 11.6 Å². The van der Waals surface area contributed by atoms with Crippen LogP contribution in [0.3, 0.4) is 0 Å². The van der Waals surface area contributed by atoms with Crippen molar-refractivity contribution in [1.82, 2.24) is 24.6 Å². The van der Waals surface area contributed by atoms with E-state index < -0.39 is 10.0 Å². The molecule has 11 heteroatoms. The first-order valence-corrected chi connectivity index (χ1v) is 12.7. The van der Waals surface area contributed by atoms with E-state index in [-0.39, 0.29) is 29.7 Å². The van der Waals surface area contributed by atoms with Crippen molar-refractivity contribution in [2.45, 2.75) is 50.8 Å². The molecule has 2 aliphatic rings. The Labute approximate surface area is 203 Å². The van der Waals surface area contributed by atoms with Crippen LogP contribution in [0.5, 0.6) is 0 Å². The van der Waals surface area contributed by atoms with Crippen molar-refractivity contribution in [3.8, 4) is 0 Å². The van der Waals surface area contributed by atoms with Crippen LogP contribution in [-0.2, 0) is 15.8 Å². The lowest BCUT2D eigenvalue weighted by molar-refractivity contribution is 0.158. The summed E-state index contributed by atoms with van der Waals surface area (Å²) in [6.45, 7) is 7.79. The van der Waals surface area contributed by atoms with Crippen molar-refractivity contribution in [2.75, 3.05) is 52.9 Å². The topological polar surface area (TPSA) is 94.3 Å². The van der Waals surface area contributed by atoms with Crippen molar-refractivity contribution >= 4 is 40.0 Å². The van der Waals surface area contributed by atoms with Gasteiger partial charge in [0.15, 0.2) is 5.96 Å². The number of nitrogens with zero attached hydrogens (tertiary/aromatic N) is 5. The van der Waals surface area contributed by atoms with E-state index in [0.717, 1.165) is 25.0 Å². The summed E-state index contributed by atoms with van der Waals surface area (Å²) >= 11 is 0. The molecule has 9 nitrogen and oxygen atoms in total. The van der Waals surface area contributed by atoms with Crippen LogP contribution in [0.1, 0.15) is 44.7 Å². The van der Waals surface area contributed by atoms with E-state index in [1.54, 1.807) is 13.1 Å². The number of nitrogens with one attached hydrogen (secondary N) is 1. The van der Waals surface area contributed by atoms with Gasteiger partial charge in [0.25, 0.3) is 0 Å². The third-order valence-electron chi connectivity index (χ3n) is 6.06. The van der Waals surface area contributed by atoms with Gasteiger partial charge >= 0.3 is 0 Å². The number of guanidine groups is 1. The second-order valence-electron chi connectivity index (χ2n) is 8.19. The lowest BCUT2D eigenvalue weighted by Crippen LogP contribution is -2.54. The highest BCUT2D eigenvalue weighted by Crippen LogP contribution is 2.16. The lowest BCUT2D eigenvalue weighted by atomic mass is 10.0. The predicted octanol–water partition coefficient (Wildman–Crippen LogP) is 1.97. The first kappa shape index (κ1) is 26.3. The van der Waals surface area contributed by atoms with E-state index in [9.17, 15) is 8.42 Å². The van der Waals surface area contributed by atoms with Gasteiger partial charge in [-0.2, -0.15) is 4.31 Å². The van der Waals surface area contributed by atoms with Crippen LogP contribution in [0.4, 0.5) is 0 Å². The van der Waals surface area contributed by atoms with Crippen LogP contribution in [0.2, 0.25) is 0 Å². The third-order valence-corrected chi connectivity index (χ3v) is 7.87. The van der Waals surface area contributed by atoms with Crippen molar-refractivity contribution < 1.29 is 12.9 Å². The van der Waals surface area contributed by atoms with Gasteiger partial charge in [0, 0.05) is 51.9 Å². The Morgan fingerprint density at radius 1 is 1.23 bits per heavy atom. The fourth-order valence-electron chi connectivity index (χ4n) is 4.23. The smallest absolute Gasteiger partial charge is 0.220 e. The van der Waals surface area contributed by atoms with Crippen molar-refractivity contribution in [3.05, 3.63) is 18.0 Å². The monoisotopic (exact) mass is 568 g/mol. The van der Waals surface area contributed by atoms with Crippen LogP contribution in [0.25, 0.3) is 0 Å². The summed E-state index contributed by atoms with van der Waals surface area (Å²) in [4.78, 5) is 9.13. The van der Waals surface area contributed by atoms with E-state index in [1.165, 1.54) is 49.3 Å². The molecule has 0 aliphatic carbocycles. The number of aromatic nitrogens is 1. The lowest BCUT2D eigenvalue weighted by Gasteiger charge is -2.36. The van der Waals surface area contributed by atoms with E-state index >= 15 is 0 Å². The molecule has 1 aromatic rings. The fourth-order valence-corrected chi connectivity index (χ4v) is 5.66. The Kier molecular flexibility index (Phi) is 11.0. The molecule has 0 radical (unpaired) electrons. The SMILES string of the molecule is CN=C(NCCCCN1CCCCC1C)N1CCN(S(=O)(=O)Cc2ccon2)CC1.I. The maximum Gasteiger partial charge on any atom is 0.220 e. The molecule has 1 aromatic heterocycles. The molecule has 0 spiro atoms. The number of sulfonamides is 1. The zero-order valence-electron chi connectivity index (χ0n) is 18.7. The van der Waals surface area contributed by atoms with E-state index in [2.05, 4.69) is 32.2 Å². The normalized spacial score (nSPS) is 21.7. The summed E-state index contributed by atoms with van der Waals surface area (Å²) in [5.74, 6) is 0.737. The van der Waals surface area contributed by atoms with Gasteiger partial charge < -0.3 is 19.6 Å². The highest BCUT2D eigenvalue weighted by molar-refractivity contribution is 14.0. The zero-order chi connectivity index (χ0) is 21.4. The van der Waals surface area contributed by atoms with Gasteiger partial charge in [0.05, 0.1) is 5.69 Å². The molecular weight excluding hydrogens is 531 g/mol. The summed E-state index contributed by atoms with van der Waals surface area (Å²) < 4.78 is 31.4. The summed E-state index contributed by atoms with van der Waals surface area (Å²) in [5.41, 5.74) is 0.439. The molecule has 2 saturated heterocycles. The van der Waals surface area contributed by atoms with Gasteiger partial charge in [-0.15, -0.1) is 24.0 Å². The van der Waals surface area contributed by atoms with Gasteiger partial charge in [-0.3, -0.25) is 4.99 Å². The molecule has 0 aromatic carbocycles.